The van der Waals surface area contributed by atoms with Crippen molar-refractivity contribution in [2.24, 2.45) is 0 Å². The van der Waals surface area contributed by atoms with Crippen molar-refractivity contribution in [3.8, 4) is 0 Å². The Bertz CT molecular complexity index is 646. The first-order chi connectivity index (χ1) is 8.99. The summed E-state index contributed by atoms with van der Waals surface area (Å²) in [6.45, 7) is 1.85. The molecule has 0 saturated carbocycles. The first-order valence-corrected chi connectivity index (χ1v) is 6.92. The summed E-state index contributed by atoms with van der Waals surface area (Å²) >= 11 is 6.42. The highest BCUT2D eigenvalue weighted by Gasteiger charge is 2.13. The number of nitrogens with zero attached hydrogens (tertiary/aromatic N) is 2. The molecule has 0 atom stereocenters. The molecule has 19 heavy (non-hydrogen) atoms. The van der Waals surface area contributed by atoms with Crippen LogP contribution in [0.4, 0.5) is 11.5 Å². The predicted octanol–water partition coefficient (Wildman–Crippen LogP) is 3.14. The van der Waals surface area contributed by atoms with Crippen LogP contribution in [0.15, 0.2) is 33.6 Å². The van der Waals surface area contributed by atoms with E-state index in [0.29, 0.717) is 26.3 Å². The van der Waals surface area contributed by atoms with E-state index in [1.54, 1.807) is 12.1 Å². The van der Waals surface area contributed by atoms with Crippen molar-refractivity contribution in [1.82, 2.24) is 9.97 Å². The maximum Gasteiger partial charge on any atom is 0.258 e. The van der Waals surface area contributed by atoms with Crippen LogP contribution in [0.3, 0.4) is 0 Å². The fraction of sp³-hybridized carbons (Fsp3) is 0.0833. The van der Waals surface area contributed by atoms with Crippen LogP contribution < -0.4 is 11.1 Å². The molecule has 5 nitrogen and oxygen atoms in total. The van der Waals surface area contributed by atoms with E-state index in [0.717, 1.165) is 5.56 Å². The number of hydrogen-bond acceptors (Lipinski definition) is 4. The molecule has 0 aliphatic rings. The first kappa shape index (κ1) is 14.0. The maximum atomic E-state index is 12.1. The highest BCUT2D eigenvalue weighted by Crippen LogP contribution is 2.22. The van der Waals surface area contributed by atoms with Crippen molar-refractivity contribution in [2.45, 2.75) is 6.92 Å². The van der Waals surface area contributed by atoms with E-state index in [1.165, 1.54) is 6.20 Å². The first-order valence-electron chi connectivity index (χ1n) is 5.33. The number of nitrogens with two attached hydrogens (primary N) is 1. The topological polar surface area (TPSA) is 80.9 Å². The molecule has 7 heteroatoms. The number of aromatic nitrogens is 2. The molecule has 0 fully saturated rings. The van der Waals surface area contributed by atoms with E-state index in [9.17, 15) is 4.79 Å². The Hall–Kier alpha value is -1.47. The zero-order valence-electron chi connectivity index (χ0n) is 9.95. The van der Waals surface area contributed by atoms with Gasteiger partial charge >= 0.3 is 0 Å². The van der Waals surface area contributed by atoms with E-state index in [1.807, 2.05) is 13.0 Å². The average molecular weight is 386 g/mol. The molecule has 1 amide bonds. The van der Waals surface area contributed by atoms with Gasteiger partial charge < -0.3 is 11.1 Å². The van der Waals surface area contributed by atoms with Crippen molar-refractivity contribution in [3.05, 3.63) is 44.7 Å². The lowest BCUT2D eigenvalue weighted by Crippen LogP contribution is -2.16. The minimum Gasteiger partial charge on any atom is -0.398 e. The van der Waals surface area contributed by atoms with E-state index in [2.05, 4.69) is 47.1 Å². The Morgan fingerprint density at radius 3 is 2.79 bits per heavy atom. The van der Waals surface area contributed by atoms with E-state index < -0.39 is 0 Å². The van der Waals surface area contributed by atoms with Gasteiger partial charge in [-0.1, -0.05) is 12.1 Å². The lowest BCUT2D eigenvalue weighted by atomic mass is 10.1. The summed E-state index contributed by atoms with van der Waals surface area (Å²) in [5, 5.41) is 2.66. The fourth-order valence-corrected chi connectivity index (χ4v) is 2.39. The third-order valence-electron chi connectivity index (χ3n) is 2.50. The molecular weight excluding hydrogens is 376 g/mol. The Balaban J connectivity index is 2.28. The quantitative estimate of drug-likeness (QED) is 0.778. The summed E-state index contributed by atoms with van der Waals surface area (Å²) in [6.07, 6.45) is 1.50. The standard InChI is InChI=1S/C12H10Br2N4O/c1-6-3-2-4-7(9(6)15)12(19)18-11-10(14)17-8(13)5-16-11/h2-5H,15H2,1H3,(H,16,18,19). The number of benzene rings is 1. The molecule has 0 radical (unpaired) electrons. The van der Waals surface area contributed by atoms with Gasteiger partial charge in [-0.3, -0.25) is 4.79 Å². The number of anilines is 2. The summed E-state index contributed by atoms with van der Waals surface area (Å²) in [4.78, 5) is 20.3. The van der Waals surface area contributed by atoms with Gasteiger partial charge in [0, 0.05) is 5.69 Å². The van der Waals surface area contributed by atoms with Crippen LogP contribution in [-0.4, -0.2) is 15.9 Å². The molecule has 2 aromatic rings. The third-order valence-corrected chi connectivity index (χ3v) is 3.44. The molecule has 1 aromatic carbocycles. The monoisotopic (exact) mass is 384 g/mol. The molecule has 0 aliphatic heterocycles. The zero-order chi connectivity index (χ0) is 14.0. The molecule has 0 unspecified atom stereocenters. The molecule has 0 spiro atoms. The van der Waals surface area contributed by atoms with Crippen LogP contribution in [0.25, 0.3) is 0 Å². The zero-order valence-corrected chi connectivity index (χ0v) is 13.1. The summed E-state index contributed by atoms with van der Waals surface area (Å²) in [7, 11) is 0. The van der Waals surface area contributed by atoms with Gasteiger partial charge in [-0.05, 0) is 50.4 Å². The minimum absolute atomic E-state index is 0.321. The second-order valence-electron chi connectivity index (χ2n) is 3.82. The number of carbonyl (C=O) groups excluding carboxylic acids is 1. The molecule has 2 rings (SSSR count). The van der Waals surface area contributed by atoms with Gasteiger partial charge in [0.2, 0.25) is 0 Å². The molecule has 0 bridgehead atoms. The Kier molecular flexibility index (Phi) is 4.16. The van der Waals surface area contributed by atoms with Crippen LogP contribution in [-0.2, 0) is 0 Å². The lowest BCUT2D eigenvalue weighted by Gasteiger charge is -2.09. The summed E-state index contributed by atoms with van der Waals surface area (Å²) in [6, 6.07) is 5.29. The van der Waals surface area contributed by atoms with Crippen molar-refractivity contribution in [1.29, 1.82) is 0 Å². The van der Waals surface area contributed by atoms with Gasteiger partial charge in [0.15, 0.2) is 5.82 Å². The number of carbonyl (C=O) groups is 1. The van der Waals surface area contributed by atoms with Crippen LogP contribution in [0.2, 0.25) is 0 Å². The Labute approximate surface area is 126 Å². The highest BCUT2D eigenvalue weighted by atomic mass is 79.9. The molecule has 0 saturated heterocycles. The number of halogens is 2. The van der Waals surface area contributed by atoms with Crippen LogP contribution in [0.1, 0.15) is 15.9 Å². The van der Waals surface area contributed by atoms with Crippen molar-refractivity contribution in [3.63, 3.8) is 0 Å². The third kappa shape index (κ3) is 3.10. The minimum atomic E-state index is -0.321. The number of aryl methyl sites for hydroxylation is 1. The smallest absolute Gasteiger partial charge is 0.258 e. The normalized spacial score (nSPS) is 10.3. The molecule has 1 heterocycles. The van der Waals surface area contributed by atoms with Crippen molar-refractivity contribution in [2.75, 3.05) is 11.1 Å². The van der Waals surface area contributed by atoms with Crippen LogP contribution in [0, 0.1) is 6.92 Å². The molecule has 1 aromatic heterocycles. The van der Waals surface area contributed by atoms with Gasteiger partial charge in [0.05, 0.1) is 11.8 Å². The number of amides is 1. The van der Waals surface area contributed by atoms with Gasteiger partial charge in [-0.15, -0.1) is 0 Å². The highest BCUT2D eigenvalue weighted by molar-refractivity contribution is 9.11. The molecule has 0 aliphatic carbocycles. The molecule has 3 N–H and O–H groups in total. The second-order valence-corrected chi connectivity index (χ2v) is 5.39. The molecular formula is C12H10Br2N4O. The van der Waals surface area contributed by atoms with Crippen molar-refractivity contribution >= 4 is 49.3 Å². The number of rotatable bonds is 2. The van der Waals surface area contributed by atoms with E-state index in [-0.39, 0.29) is 5.91 Å². The number of para-hydroxylation sites is 1. The Morgan fingerprint density at radius 2 is 2.11 bits per heavy atom. The van der Waals surface area contributed by atoms with Gasteiger partial charge in [-0.2, -0.15) is 0 Å². The summed E-state index contributed by atoms with van der Waals surface area (Å²) in [5.41, 5.74) is 7.61. The number of nitrogen functional groups attached to an aromatic ring is 1. The average Bonchev–Trinajstić information content (AvgIpc) is 2.36. The van der Waals surface area contributed by atoms with Crippen LogP contribution in [0.5, 0.6) is 0 Å². The summed E-state index contributed by atoms with van der Waals surface area (Å²) in [5.74, 6) is 0.0210. The van der Waals surface area contributed by atoms with E-state index in [4.69, 9.17) is 5.73 Å². The second kappa shape index (κ2) is 5.66. The van der Waals surface area contributed by atoms with Crippen molar-refractivity contribution < 1.29 is 4.79 Å². The van der Waals surface area contributed by atoms with Gasteiger partial charge in [0.1, 0.15) is 9.21 Å². The van der Waals surface area contributed by atoms with E-state index >= 15 is 0 Å². The fourth-order valence-electron chi connectivity index (χ4n) is 1.48. The maximum absolute atomic E-state index is 12.1. The number of hydrogen-bond donors (Lipinski definition) is 2. The van der Waals surface area contributed by atoms with Gasteiger partial charge in [0.25, 0.3) is 5.91 Å². The largest absolute Gasteiger partial charge is 0.398 e. The Morgan fingerprint density at radius 1 is 1.37 bits per heavy atom. The lowest BCUT2D eigenvalue weighted by molar-refractivity contribution is 0.102. The number of nitrogens with one attached hydrogen (secondary N) is 1. The predicted molar refractivity (Wildman–Crippen MR) is 81.0 cm³/mol. The van der Waals surface area contributed by atoms with Crippen LogP contribution >= 0.6 is 31.9 Å². The van der Waals surface area contributed by atoms with Gasteiger partial charge in [-0.25, -0.2) is 9.97 Å². The summed E-state index contributed by atoms with van der Waals surface area (Å²) < 4.78 is 1.02. The SMILES string of the molecule is Cc1cccc(C(=O)Nc2ncc(Br)nc2Br)c1N. The molecule has 98 valence electrons.